The zero-order valence-electron chi connectivity index (χ0n) is 14.0. The summed E-state index contributed by atoms with van der Waals surface area (Å²) < 4.78 is 17.7. The maximum Gasteiger partial charge on any atom is 0.345 e. The number of anilines is 1. The lowest BCUT2D eigenvalue weighted by Crippen LogP contribution is -2.59. The van der Waals surface area contributed by atoms with E-state index < -0.39 is 23.3 Å². The molecule has 8 nitrogen and oxygen atoms in total. The van der Waals surface area contributed by atoms with Gasteiger partial charge in [0, 0.05) is 39.0 Å². The van der Waals surface area contributed by atoms with Crippen molar-refractivity contribution < 1.29 is 28.6 Å². The minimum atomic E-state index is -1.95. The second-order valence-electron chi connectivity index (χ2n) is 5.76. The van der Waals surface area contributed by atoms with E-state index in [1.54, 1.807) is 0 Å². The molecule has 1 heterocycles. The summed E-state index contributed by atoms with van der Waals surface area (Å²) in [6.45, 7) is 2.09. The Hall–Kier alpha value is -2.68. The molecule has 0 saturated carbocycles. The molecule has 1 aliphatic heterocycles. The Bertz CT molecular complexity index is 658. The molecule has 0 bridgehead atoms. The molecule has 1 aliphatic rings. The first-order chi connectivity index (χ1) is 11.8. The largest absolute Gasteiger partial charge is 0.479 e. The van der Waals surface area contributed by atoms with Crippen LogP contribution in [0.15, 0.2) is 24.3 Å². The van der Waals surface area contributed by atoms with Gasteiger partial charge in [-0.2, -0.15) is 0 Å². The summed E-state index contributed by atoms with van der Waals surface area (Å²) >= 11 is 0. The third-order valence-electron chi connectivity index (χ3n) is 4.17. The summed E-state index contributed by atoms with van der Waals surface area (Å²) in [6, 6.07) is 5.01. The number of hydrogen-bond donors (Lipinski definition) is 2. The number of hydrogen-bond acceptors (Lipinski definition) is 4. The molecule has 1 unspecified atom stereocenters. The minimum absolute atomic E-state index is 0.196. The fourth-order valence-electron chi connectivity index (χ4n) is 2.42. The number of urea groups is 1. The van der Waals surface area contributed by atoms with Gasteiger partial charge in [-0.1, -0.05) is 0 Å². The highest BCUT2D eigenvalue weighted by atomic mass is 19.1. The van der Waals surface area contributed by atoms with Crippen LogP contribution in [0.1, 0.15) is 6.92 Å². The Morgan fingerprint density at radius 1 is 1.12 bits per heavy atom. The van der Waals surface area contributed by atoms with Gasteiger partial charge >= 0.3 is 12.0 Å². The van der Waals surface area contributed by atoms with Gasteiger partial charge in [-0.25, -0.2) is 14.0 Å². The van der Waals surface area contributed by atoms with Crippen molar-refractivity contribution >= 4 is 23.6 Å². The number of carbonyl (C=O) groups is 3. The Labute approximate surface area is 144 Å². The Balaban J connectivity index is 1.92. The molecule has 1 saturated heterocycles. The highest BCUT2D eigenvalue weighted by Crippen LogP contribution is 2.16. The van der Waals surface area contributed by atoms with Crippen molar-refractivity contribution in [3.63, 3.8) is 0 Å². The van der Waals surface area contributed by atoms with E-state index in [-0.39, 0.29) is 32.2 Å². The van der Waals surface area contributed by atoms with Crippen LogP contribution in [-0.4, -0.2) is 71.7 Å². The van der Waals surface area contributed by atoms with E-state index in [1.807, 2.05) is 0 Å². The van der Waals surface area contributed by atoms with Crippen molar-refractivity contribution in [3.8, 4) is 0 Å². The smallest absolute Gasteiger partial charge is 0.345 e. The van der Waals surface area contributed by atoms with Crippen LogP contribution < -0.4 is 5.32 Å². The number of benzene rings is 1. The van der Waals surface area contributed by atoms with Crippen molar-refractivity contribution in [2.24, 2.45) is 0 Å². The second kappa shape index (κ2) is 7.47. The molecule has 25 heavy (non-hydrogen) atoms. The van der Waals surface area contributed by atoms with Crippen LogP contribution in [0.25, 0.3) is 0 Å². The summed E-state index contributed by atoms with van der Waals surface area (Å²) in [4.78, 5) is 38.7. The monoisotopic (exact) mass is 353 g/mol. The van der Waals surface area contributed by atoms with Gasteiger partial charge in [0.2, 0.25) is 5.60 Å². The number of piperazine rings is 1. The molecular weight excluding hydrogens is 333 g/mol. The molecule has 3 amide bonds. The van der Waals surface area contributed by atoms with Crippen LogP contribution in [0.3, 0.4) is 0 Å². The molecule has 1 fully saturated rings. The zero-order valence-corrected chi connectivity index (χ0v) is 14.0. The highest BCUT2D eigenvalue weighted by Gasteiger charge is 2.45. The lowest BCUT2D eigenvalue weighted by Gasteiger charge is -2.37. The van der Waals surface area contributed by atoms with Gasteiger partial charge in [-0.3, -0.25) is 4.79 Å². The van der Waals surface area contributed by atoms with E-state index in [0.29, 0.717) is 5.69 Å². The van der Waals surface area contributed by atoms with Gasteiger partial charge in [-0.15, -0.1) is 0 Å². The fraction of sp³-hybridized carbons (Fsp3) is 0.438. The predicted octanol–water partition coefficient (Wildman–Crippen LogP) is 0.991. The molecular formula is C16H20FN3O5. The highest BCUT2D eigenvalue weighted by molar-refractivity contribution is 6.05. The first-order valence-electron chi connectivity index (χ1n) is 7.67. The number of methoxy groups -OCH3 is 1. The summed E-state index contributed by atoms with van der Waals surface area (Å²) in [5.41, 5.74) is -1.49. The summed E-state index contributed by atoms with van der Waals surface area (Å²) in [5.74, 6) is -2.41. The average Bonchev–Trinajstić information content (AvgIpc) is 2.62. The molecule has 0 aliphatic carbocycles. The van der Waals surface area contributed by atoms with Crippen LogP contribution in [0.4, 0.5) is 14.9 Å². The van der Waals surface area contributed by atoms with Crippen LogP contribution >= 0.6 is 0 Å². The second-order valence-corrected chi connectivity index (χ2v) is 5.76. The molecule has 136 valence electrons. The van der Waals surface area contributed by atoms with Crippen LogP contribution in [-0.2, 0) is 14.3 Å². The maximum absolute atomic E-state index is 12.9. The SMILES string of the molecule is COC(C)(C(=O)O)C(=O)N1CCN(C(=O)Nc2ccc(F)cc2)CC1. The molecule has 1 aromatic rings. The Morgan fingerprint density at radius 2 is 1.64 bits per heavy atom. The number of ether oxygens (including phenoxy) is 1. The Morgan fingerprint density at radius 3 is 2.12 bits per heavy atom. The van der Waals surface area contributed by atoms with Gasteiger partial charge in [0.25, 0.3) is 5.91 Å². The maximum atomic E-state index is 12.9. The molecule has 9 heteroatoms. The molecule has 0 spiro atoms. The van der Waals surface area contributed by atoms with Gasteiger partial charge in [0.15, 0.2) is 0 Å². The van der Waals surface area contributed by atoms with E-state index in [9.17, 15) is 23.9 Å². The van der Waals surface area contributed by atoms with Crippen LogP contribution in [0, 0.1) is 5.82 Å². The van der Waals surface area contributed by atoms with Crippen molar-refractivity contribution in [1.82, 2.24) is 9.80 Å². The molecule has 0 radical (unpaired) electrons. The number of carboxylic acid groups (broad SMARTS) is 1. The van der Waals surface area contributed by atoms with E-state index in [4.69, 9.17) is 4.74 Å². The number of nitrogens with zero attached hydrogens (tertiary/aromatic N) is 2. The summed E-state index contributed by atoms with van der Waals surface area (Å²) in [5, 5.41) is 11.8. The fourth-order valence-corrected chi connectivity index (χ4v) is 2.42. The third kappa shape index (κ3) is 4.05. The first kappa shape index (κ1) is 18.7. The van der Waals surface area contributed by atoms with Gasteiger partial charge in [0.1, 0.15) is 5.82 Å². The topological polar surface area (TPSA) is 99.2 Å². The lowest BCUT2D eigenvalue weighted by molar-refractivity contribution is -0.174. The average molecular weight is 353 g/mol. The van der Waals surface area contributed by atoms with Crippen molar-refractivity contribution in [2.75, 3.05) is 38.6 Å². The molecule has 2 N–H and O–H groups in total. The third-order valence-corrected chi connectivity index (χ3v) is 4.17. The van der Waals surface area contributed by atoms with Crippen molar-refractivity contribution in [1.29, 1.82) is 0 Å². The zero-order chi connectivity index (χ0) is 18.6. The number of carbonyl (C=O) groups excluding carboxylic acids is 2. The molecule has 0 aromatic heterocycles. The minimum Gasteiger partial charge on any atom is -0.479 e. The van der Waals surface area contributed by atoms with E-state index in [1.165, 1.54) is 48.1 Å². The summed E-state index contributed by atoms with van der Waals surface area (Å²) in [6.07, 6.45) is 0. The van der Waals surface area contributed by atoms with Gasteiger partial charge in [-0.05, 0) is 31.2 Å². The predicted molar refractivity (Wildman–Crippen MR) is 86.6 cm³/mol. The van der Waals surface area contributed by atoms with Crippen molar-refractivity contribution in [3.05, 3.63) is 30.1 Å². The lowest BCUT2D eigenvalue weighted by atomic mass is 10.0. The van der Waals surface area contributed by atoms with Crippen LogP contribution in [0.2, 0.25) is 0 Å². The van der Waals surface area contributed by atoms with Crippen molar-refractivity contribution in [2.45, 2.75) is 12.5 Å². The Kier molecular flexibility index (Phi) is 5.58. The number of carboxylic acids is 1. The number of aliphatic carboxylic acids is 1. The molecule has 1 atom stereocenters. The number of nitrogens with one attached hydrogen (secondary N) is 1. The number of halogens is 1. The van der Waals surface area contributed by atoms with E-state index in [0.717, 1.165) is 0 Å². The van der Waals surface area contributed by atoms with E-state index in [2.05, 4.69) is 5.32 Å². The van der Waals surface area contributed by atoms with E-state index >= 15 is 0 Å². The number of amides is 3. The number of rotatable bonds is 4. The standard InChI is InChI=1S/C16H20FN3O5/c1-16(25-2,14(22)23)13(21)19-7-9-20(10-8-19)15(24)18-12-5-3-11(17)4-6-12/h3-6H,7-10H2,1-2H3,(H,18,24)(H,22,23). The van der Waals surface area contributed by atoms with Gasteiger partial charge in [0.05, 0.1) is 0 Å². The normalized spacial score (nSPS) is 16.9. The van der Waals surface area contributed by atoms with Crippen LogP contribution in [0.5, 0.6) is 0 Å². The quantitative estimate of drug-likeness (QED) is 0.787. The molecule has 2 rings (SSSR count). The van der Waals surface area contributed by atoms with Gasteiger partial charge < -0.3 is 25.0 Å². The first-order valence-corrected chi connectivity index (χ1v) is 7.67. The summed E-state index contributed by atoms with van der Waals surface area (Å²) in [7, 11) is 1.17. The molecule has 1 aromatic carbocycles.